The van der Waals surface area contributed by atoms with Gasteiger partial charge in [-0.15, -0.1) is 11.3 Å². The maximum absolute atomic E-state index is 13.0. The van der Waals surface area contributed by atoms with Crippen molar-refractivity contribution in [3.63, 3.8) is 0 Å². The van der Waals surface area contributed by atoms with E-state index in [1.807, 2.05) is 26.2 Å². The number of benzene rings is 1. The van der Waals surface area contributed by atoms with E-state index >= 15 is 0 Å². The molecule has 9 heteroatoms. The van der Waals surface area contributed by atoms with E-state index in [9.17, 15) is 18.0 Å². The van der Waals surface area contributed by atoms with Gasteiger partial charge in [0.15, 0.2) is 0 Å². The summed E-state index contributed by atoms with van der Waals surface area (Å²) in [6.07, 6.45) is 0.991. The van der Waals surface area contributed by atoms with Crippen molar-refractivity contribution in [1.82, 2.24) is 14.9 Å². The summed E-state index contributed by atoms with van der Waals surface area (Å²) in [5.41, 5.74) is 0.999. The summed E-state index contributed by atoms with van der Waals surface area (Å²) in [7, 11) is -3.58. The van der Waals surface area contributed by atoms with Gasteiger partial charge in [-0.05, 0) is 55.2 Å². The zero-order chi connectivity index (χ0) is 23.3. The Hall–Kier alpha value is -2.23. The number of thiophene rings is 1. The number of carbonyl (C=O) groups excluding carboxylic acids is 2. The van der Waals surface area contributed by atoms with Crippen LogP contribution in [0.4, 0.5) is 0 Å². The summed E-state index contributed by atoms with van der Waals surface area (Å²) in [6.45, 7) is 7.07. The lowest BCUT2D eigenvalue weighted by atomic mass is 9.89. The maximum atomic E-state index is 13.0. The van der Waals surface area contributed by atoms with Gasteiger partial charge >= 0.3 is 0 Å². The lowest BCUT2D eigenvalue weighted by Crippen LogP contribution is -2.54. The average molecular weight is 478 g/mol. The van der Waals surface area contributed by atoms with Gasteiger partial charge in [0.25, 0.3) is 5.91 Å². The van der Waals surface area contributed by atoms with Crippen LogP contribution in [-0.4, -0.2) is 50.2 Å². The van der Waals surface area contributed by atoms with Crippen molar-refractivity contribution in [2.75, 3.05) is 19.6 Å². The monoisotopic (exact) mass is 477 g/mol. The Morgan fingerprint density at radius 1 is 1.12 bits per heavy atom. The molecule has 0 aliphatic carbocycles. The van der Waals surface area contributed by atoms with Gasteiger partial charge in [-0.3, -0.25) is 9.59 Å². The first-order valence-corrected chi connectivity index (χ1v) is 13.2. The number of aryl methyl sites for hydroxylation is 1. The molecule has 1 aliphatic rings. The predicted molar refractivity (Wildman–Crippen MR) is 126 cm³/mol. The fourth-order valence-electron chi connectivity index (χ4n) is 3.74. The molecule has 1 saturated heterocycles. The number of piperidine rings is 1. The van der Waals surface area contributed by atoms with Crippen molar-refractivity contribution in [2.45, 2.75) is 44.6 Å². The van der Waals surface area contributed by atoms with Gasteiger partial charge in [0.2, 0.25) is 15.9 Å². The second-order valence-corrected chi connectivity index (χ2v) is 11.5. The van der Waals surface area contributed by atoms with E-state index < -0.39 is 16.1 Å². The summed E-state index contributed by atoms with van der Waals surface area (Å²) in [5.74, 6) is -0.354. The third kappa shape index (κ3) is 5.96. The Morgan fingerprint density at radius 3 is 2.34 bits per heavy atom. The van der Waals surface area contributed by atoms with Crippen molar-refractivity contribution in [1.29, 1.82) is 0 Å². The van der Waals surface area contributed by atoms with Crippen LogP contribution in [0.2, 0.25) is 0 Å². The van der Waals surface area contributed by atoms with Crippen LogP contribution >= 0.6 is 11.3 Å². The molecule has 1 aliphatic heterocycles. The Morgan fingerprint density at radius 2 is 1.78 bits per heavy atom. The van der Waals surface area contributed by atoms with Crippen LogP contribution < -0.4 is 10.6 Å². The third-order valence-electron chi connectivity index (χ3n) is 5.63. The van der Waals surface area contributed by atoms with Gasteiger partial charge in [-0.25, -0.2) is 8.42 Å². The fourth-order valence-corrected chi connectivity index (χ4v) is 5.84. The Kier molecular flexibility index (Phi) is 8.08. The standard InChI is InChI=1S/C23H31N3O4S2/c1-16(2)15-24-23(28)21(25-22(27)20-5-4-14-31-20)18-10-12-26(13-11-18)32(29,30)19-8-6-17(3)7-9-19/h4-9,14,16,18,21H,10-13,15H2,1-3H3,(H,24,28)(H,25,27). The zero-order valence-corrected chi connectivity index (χ0v) is 20.3. The molecule has 0 radical (unpaired) electrons. The number of sulfonamides is 1. The molecule has 1 aromatic carbocycles. The highest BCUT2D eigenvalue weighted by Crippen LogP contribution is 2.26. The molecule has 0 saturated carbocycles. The summed E-state index contributed by atoms with van der Waals surface area (Å²) >= 11 is 1.32. The maximum Gasteiger partial charge on any atom is 0.262 e. The van der Waals surface area contributed by atoms with Gasteiger partial charge in [0.1, 0.15) is 6.04 Å². The molecule has 1 fully saturated rings. The van der Waals surface area contributed by atoms with Crippen LogP contribution in [-0.2, 0) is 14.8 Å². The SMILES string of the molecule is Cc1ccc(S(=O)(=O)N2CCC(C(NC(=O)c3cccs3)C(=O)NCC(C)C)CC2)cc1. The van der Waals surface area contributed by atoms with Crippen LogP contribution in [0, 0.1) is 18.8 Å². The molecule has 2 aromatic rings. The normalized spacial score (nSPS) is 16.6. The van der Waals surface area contributed by atoms with Crippen molar-refractivity contribution in [3.8, 4) is 0 Å². The third-order valence-corrected chi connectivity index (χ3v) is 8.41. The molecular weight excluding hydrogens is 446 g/mol. The van der Waals surface area contributed by atoms with E-state index in [1.54, 1.807) is 36.4 Å². The van der Waals surface area contributed by atoms with Crippen molar-refractivity contribution >= 4 is 33.2 Å². The topological polar surface area (TPSA) is 95.6 Å². The number of nitrogens with one attached hydrogen (secondary N) is 2. The van der Waals surface area contributed by atoms with E-state index in [4.69, 9.17) is 0 Å². The predicted octanol–water partition coefficient (Wildman–Crippen LogP) is 3.03. The highest BCUT2D eigenvalue weighted by Gasteiger charge is 2.36. The second-order valence-electron chi connectivity index (χ2n) is 8.62. The summed E-state index contributed by atoms with van der Waals surface area (Å²) in [5, 5.41) is 7.63. The van der Waals surface area contributed by atoms with E-state index in [1.165, 1.54) is 15.6 Å². The number of hydrogen-bond donors (Lipinski definition) is 2. The van der Waals surface area contributed by atoms with Gasteiger partial charge in [-0.1, -0.05) is 37.6 Å². The first-order chi connectivity index (χ1) is 15.2. The van der Waals surface area contributed by atoms with Crippen molar-refractivity contribution in [3.05, 3.63) is 52.2 Å². The largest absolute Gasteiger partial charge is 0.354 e. The van der Waals surface area contributed by atoms with Crippen LogP contribution in [0.3, 0.4) is 0 Å². The average Bonchev–Trinajstić information content (AvgIpc) is 3.31. The number of carbonyl (C=O) groups is 2. The summed E-state index contributed by atoms with van der Waals surface area (Å²) in [6, 6.07) is 9.64. The summed E-state index contributed by atoms with van der Waals surface area (Å²) < 4.78 is 27.5. The number of hydrogen-bond acceptors (Lipinski definition) is 5. The van der Waals surface area contributed by atoms with Crippen molar-refractivity contribution < 1.29 is 18.0 Å². The van der Waals surface area contributed by atoms with Crippen LogP contribution in [0.5, 0.6) is 0 Å². The van der Waals surface area contributed by atoms with Crippen LogP contribution in [0.25, 0.3) is 0 Å². The molecular formula is C23H31N3O4S2. The molecule has 1 aromatic heterocycles. The Bertz CT molecular complexity index is 1010. The molecule has 2 N–H and O–H groups in total. The molecule has 1 atom stereocenters. The van der Waals surface area contributed by atoms with E-state index in [-0.39, 0.29) is 28.5 Å². The Balaban J connectivity index is 1.70. The Labute approximate surface area is 194 Å². The van der Waals surface area contributed by atoms with Crippen LogP contribution in [0.1, 0.15) is 41.9 Å². The zero-order valence-electron chi connectivity index (χ0n) is 18.7. The van der Waals surface area contributed by atoms with E-state index in [0.29, 0.717) is 37.4 Å². The minimum absolute atomic E-state index is 0.143. The molecule has 0 spiro atoms. The molecule has 0 bridgehead atoms. The van der Waals surface area contributed by atoms with Gasteiger partial charge < -0.3 is 10.6 Å². The highest BCUT2D eigenvalue weighted by atomic mass is 32.2. The minimum Gasteiger partial charge on any atom is -0.354 e. The first kappa shape index (κ1) is 24.4. The molecule has 32 heavy (non-hydrogen) atoms. The minimum atomic E-state index is -3.58. The number of amides is 2. The van der Waals surface area contributed by atoms with Gasteiger partial charge in [0.05, 0.1) is 9.77 Å². The van der Waals surface area contributed by atoms with Crippen molar-refractivity contribution in [2.24, 2.45) is 11.8 Å². The molecule has 174 valence electrons. The quantitative estimate of drug-likeness (QED) is 0.611. The fraction of sp³-hybridized carbons (Fsp3) is 0.478. The number of rotatable bonds is 8. The molecule has 1 unspecified atom stereocenters. The molecule has 2 amide bonds. The van der Waals surface area contributed by atoms with Crippen LogP contribution in [0.15, 0.2) is 46.7 Å². The first-order valence-electron chi connectivity index (χ1n) is 10.9. The van der Waals surface area contributed by atoms with Gasteiger partial charge in [0, 0.05) is 19.6 Å². The lowest BCUT2D eigenvalue weighted by molar-refractivity contribution is -0.124. The highest BCUT2D eigenvalue weighted by molar-refractivity contribution is 7.89. The van der Waals surface area contributed by atoms with E-state index in [0.717, 1.165) is 5.56 Å². The molecule has 2 heterocycles. The molecule has 3 rings (SSSR count). The molecule has 7 nitrogen and oxygen atoms in total. The smallest absolute Gasteiger partial charge is 0.262 e. The number of nitrogens with zero attached hydrogens (tertiary/aromatic N) is 1. The second kappa shape index (κ2) is 10.6. The summed E-state index contributed by atoms with van der Waals surface area (Å²) in [4.78, 5) is 26.4. The van der Waals surface area contributed by atoms with Gasteiger partial charge in [-0.2, -0.15) is 4.31 Å². The van der Waals surface area contributed by atoms with E-state index in [2.05, 4.69) is 10.6 Å². The lowest BCUT2D eigenvalue weighted by Gasteiger charge is -2.35.